The minimum Gasteiger partial charge on any atom is -0.466 e. The van der Waals surface area contributed by atoms with Gasteiger partial charge in [-0.2, -0.15) is 0 Å². The van der Waals surface area contributed by atoms with Crippen molar-refractivity contribution >= 4 is 15.9 Å². The minimum atomic E-state index is -3.75. The van der Waals surface area contributed by atoms with Gasteiger partial charge in [-0.05, 0) is 50.1 Å². The van der Waals surface area contributed by atoms with Gasteiger partial charge in [0.15, 0.2) is 0 Å². The van der Waals surface area contributed by atoms with Crippen LogP contribution in [0.1, 0.15) is 38.6 Å². The zero-order valence-corrected chi connectivity index (χ0v) is 17.5. The van der Waals surface area contributed by atoms with Crippen molar-refractivity contribution in [1.82, 2.24) is 10.0 Å². The molecule has 0 aliphatic carbocycles. The summed E-state index contributed by atoms with van der Waals surface area (Å²) in [6.45, 7) is 5.95. The summed E-state index contributed by atoms with van der Waals surface area (Å²) >= 11 is 0. The van der Waals surface area contributed by atoms with Crippen LogP contribution in [0.3, 0.4) is 0 Å². The molecule has 0 aliphatic rings. The van der Waals surface area contributed by atoms with Crippen LogP contribution >= 0.6 is 0 Å². The molecule has 6 nitrogen and oxygen atoms in total. The van der Waals surface area contributed by atoms with Crippen LogP contribution in [0.15, 0.2) is 63.9 Å². The maximum absolute atomic E-state index is 12.7. The Morgan fingerprint density at radius 3 is 2.34 bits per heavy atom. The third-order valence-electron chi connectivity index (χ3n) is 4.66. The molecule has 0 aliphatic heterocycles. The molecule has 0 saturated heterocycles. The maximum Gasteiger partial charge on any atom is 0.251 e. The van der Waals surface area contributed by atoms with E-state index in [2.05, 4.69) is 10.0 Å². The van der Waals surface area contributed by atoms with Crippen molar-refractivity contribution in [2.24, 2.45) is 0 Å². The molecule has 0 fully saturated rings. The smallest absolute Gasteiger partial charge is 0.251 e. The van der Waals surface area contributed by atoms with Gasteiger partial charge in [-0.25, -0.2) is 13.1 Å². The fourth-order valence-corrected chi connectivity index (χ4v) is 4.04. The summed E-state index contributed by atoms with van der Waals surface area (Å²) in [7, 11) is -3.75. The lowest BCUT2D eigenvalue weighted by molar-refractivity contribution is 0.0950. The molecule has 3 rings (SSSR count). The molecule has 2 aromatic carbocycles. The quantitative estimate of drug-likeness (QED) is 0.620. The average molecular weight is 413 g/mol. The zero-order chi connectivity index (χ0) is 21.0. The summed E-state index contributed by atoms with van der Waals surface area (Å²) in [4.78, 5) is 12.7. The van der Waals surface area contributed by atoms with Gasteiger partial charge in [0.25, 0.3) is 5.91 Å². The topological polar surface area (TPSA) is 88.4 Å². The second kappa shape index (κ2) is 8.63. The van der Waals surface area contributed by atoms with Crippen molar-refractivity contribution in [3.05, 3.63) is 88.4 Å². The van der Waals surface area contributed by atoms with Crippen LogP contribution in [-0.4, -0.2) is 14.3 Å². The lowest BCUT2D eigenvalue weighted by Gasteiger charge is -2.11. The SMILES string of the molecule is Cc1cc(CNC(=O)c2cc(S(=O)(=O)NCc3ccccc3)ccc2C)c(C)o1. The van der Waals surface area contributed by atoms with E-state index in [1.807, 2.05) is 50.2 Å². The van der Waals surface area contributed by atoms with Crippen molar-refractivity contribution in [3.8, 4) is 0 Å². The summed E-state index contributed by atoms with van der Waals surface area (Å²) in [6, 6.07) is 15.7. The van der Waals surface area contributed by atoms with Crippen molar-refractivity contribution in [3.63, 3.8) is 0 Å². The summed E-state index contributed by atoms with van der Waals surface area (Å²) in [5.41, 5.74) is 2.77. The van der Waals surface area contributed by atoms with Crippen LogP contribution < -0.4 is 10.0 Å². The number of hydrogen-bond acceptors (Lipinski definition) is 4. The summed E-state index contributed by atoms with van der Waals surface area (Å²) in [5.74, 6) is 1.20. The first-order valence-electron chi connectivity index (χ1n) is 9.24. The number of amides is 1. The highest BCUT2D eigenvalue weighted by Gasteiger charge is 2.18. The van der Waals surface area contributed by atoms with E-state index in [0.717, 1.165) is 22.6 Å². The lowest BCUT2D eigenvalue weighted by Crippen LogP contribution is -2.26. The fourth-order valence-electron chi connectivity index (χ4n) is 3.00. The zero-order valence-electron chi connectivity index (χ0n) is 16.7. The summed E-state index contributed by atoms with van der Waals surface area (Å²) in [6.07, 6.45) is 0. The van der Waals surface area contributed by atoms with Gasteiger partial charge in [-0.3, -0.25) is 4.79 Å². The number of carbonyl (C=O) groups is 1. The third-order valence-corrected chi connectivity index (χ3v) is 6.06. The van der Waals surface area contributed by atoms with E-state index in [-0.39, 0.29) is 17.3 Å². The Labute approximate surface area is 171 Å². The monoisotopic (exact) mass is 412 g/mol. The number of nitrogens with one attached hydrogen (secondary N) is 2. The first-order valence-corrected chi connectivity index (χ1v) is 10.7. The standard InChI is InChI=1S/C22H24N2O4S/c1-15-9-10-20(29(26,27)24-13-18-7-5-4-6-8-18)12-21(15)22(25)23-14-19-11-16(2)28-17(19)3/h4-12,24H,13-14H2,1-3H3,(H,23,25). The van der Waals surface area contributed by atoms with Gasteiger partial charge in [-0.1, -0.05) is 36.4 Å². The molecular weight excluding hydrogens is 388 g/mol. The van der Waals surface area contributed by atoms with Crippen LogP contribution in [0.4, 0.5) is 0 Å². The highest BCUT2D eigenvalue weighted by molar-refractivity contribution is 7.89. The number of hydrogen-bond donors (Lipinski definition) is 2. The minimum absolute atomic E-state index is 0.0551. The Kier molecular flexibility index (Phi) is 6.20. The van der Waals surface area contributed by atoms with Crippen LogP contribution in [0.5, 0.6) is 0 Å². The fraction of sp³-hybridized carbons (Fsp3) is 0.227. The summed E-state index contributed by atoms with van der Waals surface area (Å²) in [5, 5.41) is 2.83. The number of furan rings is 1. The van der Waals surface area contributed by atoms with E-state index in [0.29, 0.717) is 17.7 Å². The highest BCUT2D eigenvalue weighted by Crippen LogP contribution is 2.17. The highest BCUT2D eigenvalue weighted by atomic mass is 32.2. The van der Waals surface area contributed by atoms with E-state index < -0.39 is 10.0 Å². The molecule has 1 amide bonds. The van der Waals surface area contributed by atoms with Gasteiger partial charge in [0.05, 0.1) is 4.90 Å². The molecule has 2 N–H and O–H groups in total. The molecule has 1 aromatic heterocycles. The van der Waals surface area contributed by atoms with Crippen LogP contribution in [0, 0.1) is 20.8 Å². The normalized spacial score (nSPS) is 11.4. The molecule has 0 atom stereocenters. The number of sulfonamides is 1. The Bertz CT molecular complexity index is 1120. The second-order valence-electron chi connectivity index (χ2n) is 6.91. The molecule has 0 radical (unpaired) electrons. The molecular formula is C22H24N2O4S. The van der Waals surface area contributed by atoms with Crippen molar-refractivity contribution in [2.75, 3.05) is 0 Å². The predicted octanol–water partition coefficient (Wildman–Crippen LogP) is 3.61. The van der Waals surface area contributed by atoms with Gasteiger partial charge in [0.2, 0.25) is 10.0 Å². The number of rotatable bonds is 7. The molecule has 0 unspecified atom stereocenters. The molecule has 3 aromatic rings. The number of benzene rings is 2. The first-order chi connectivity index (χ1) is 13.8. The molecule has 1 heterocycles. The van der Waals surface area contributed by atoms with E-state index in [9.17, 15) is 13.2 Å². The third kappa shape index (κ3) is 5.13. The number of aryl methyl sites for hydroxylation is 3. The van der Waals surface area contributed by atoms with Crippen molar-refractivity contribution < 1.29 is 17.6 Å². The molecule has 0 spiro atoms. The molecule has 0 bridgehead atoms. The van der Waals surface area contributed by atoms with E-state index in [4.69, 9.17) is 4.42 Å². The molecule has 29 heavy (non-hydrogen) atoms. The summed E-state index contributed by atoms with van der Waals surface area (Å²) < 4.78 is 33.4. The Morgan fingerprint density at radius 1 is 0.966 bits per heavy atom. The van der Waals surface area contributed by atoms with Crippen LogP contribution in [0.2, 0.25) is 0 Å². The van der Waals surface area contributed by atoms with Gasteiger partial charge in [0.1, 0.15) is 11.5 Å². The van der Waals surface area contributed by atoms with Gasteiger partial charge >= 0.3 is 0 Å². The van der Waals surface area contributed by atoms with Crippen LogP contribution in [-0.2, 0) is 23.1 Å². The maximum atomic E-state index is 12.7. The van der Waals surface area contributed by atoms with E-state index in [1.54, 1.807) is 13.0 Å². The molecule has 0 saturated carbocycles. The lowest BCUT2D eigenvalue weighted by atomic mass is 10.1. The first kappa shape index (κ1) is 20.8. The average Bonchev–Trinajstić information content (AvgIpc) is 3.02. The second-order valence-corrected chi connectivity index (χ2v) is 8.67. The predicted molar refractivity (Wildman–Crippen MR) is 111 cm³/mol. The van der Waals surface area contributed by atoms with Gasteiger partial charge in [-0.15, -0.1) is 0 Å². The molecule has 152 valence electrons. The van der Waals surface area contributed by atoms with Gasteiger partial charge in [0, 0.05) is 24.2 Å². The van der Waals surface area contributed by atoms with Crippen LogP contribution in [0.25, 0.3) is 0 Å². The Balaban J connectivity index is 1.74. The van der Waals surface area contributed by atoms with E-state index in [1.165, 1.54) is 12.1 Å². The van der Waals surface area contributed by atoms with Crippen molar-refractivity contribution in [2.45, 2.75) is 38.8 Å². The van der Waals surface area contributed by atoms with E-state index >= 15 is 0 Å². The van der Waals surface area contributed by atoms with Gasteiger partial charge < -0.3 is 9.73 Å². The number of carbonyl (C=O) groups excluding carboxylic acids is 1. The Morgan fingerprint density at radius 2 is 1.69 bits per heavy atom. The largest absolute Gasteiger partial charge is 0.466 e. The Hall–Kier alpha value is -2.90. The molecule has 7 heteroatoms. The van der Waals surface area contributed by atoms with Crippen molar-refractivity contribution in [1.29, 1.82) is 0 Å².